The maximum absolute atomic E-state index is 15.5. The number of nitrogens with one attached hydrogen (secondary N) is 2. The summed E-state index contributed by atoms with van der Waals surface area (Å²) in [5, 5.41) is 3.93. The van der Waals surface area contributed by atoms with E-state index >= 15 is 8.78 Å². The molecule has 1 aromatic carbocycles. The molecule has 1 saturated carbocycles. The lowest BCUT2D eigenvalue weighted by molar-refractivity contribution is -0.00238. The summed E-state index contributed by atoms with van der Waals surface area (Å²) < 4.78 is 36.1. The van der Waals surface area contributed by atoms with Crippen LogP contribution < -0.4 is 5.69 Å². The van der Waals surface area contributed by atoms with Crippen LogP contribution in [-0.4, -0.2) is 42.9 Å². The minimum Gasteiger partial charge on any atom is -0.333 e. The quantitative estimate of drug-likeness (QED) is 0.333. The number of aromatic nitrogens is 5. The molecule has 4 aromatic rings. The molecule has 1 aliphatic carbocycles. The summed E-state index contributed by atoms with van der Waals surface area (Å²) in [5.41, 5.74) is 1.23. The number of imidazole rings is 1. The fraction of sp³-hybridized carbons (Fsp3) is 0.346. The molecular weight excluding hydrogens is 482 g/mol. The number of carbonyl (C=O) groups is 1. The number of carbonyl (C=O) groups excluding carboxylic acids is 1. The Kier molecular flexibility index (Phi) is 6.01. The van der Waals surface area contributed by atoms with Gasteiger partial charge in [0.05, 0.1) is 5.52 Å². The van der Waals surface area contributed by atoms with Crippen molar-refractivity contribution in [2.45, 2.75) is 51.0 Å². The monoisotopic (exact) mass is 508 g/mol. The molecule has 5 rings (SSSR count). The lowest BCUT2D eigenvalue weighted by Crippen LogP contribution is -2.28. The van der Waals surface area contributed by atoms with Gasteiger partial charge in [-0.2, -0.15) is 4.98 Å². The molecule has 0 atom stereocenters. The largest absolute Gasteiger partial charge is 0.333 e. The lowest BCUT2D eigenvalue weighted by Gasteiger charge is -2.23. The average Bonchev–Trinajstić information content (AvgIpc) is 3.27. The number of rotatable bonds is 8. The summed E-state index contributed by atoms with van der Waals surface area (Å²) in [6.45, 7) is 3.58. The van der Waals surface area contributed by atoms with Gasteiger partial charge in [0.15, 0.2) is 11.5 Å². The van der Waals surface area contributed by atoms with Crippen molar-refractivity contribution in [3.05, 3.63) is 75.9 Å². The molecule has 0 saturated heterocycles. The molecule has 1 amide bonds. The number of H-pyrrole nitrogens is 2. The molecule has 0 spiro atoms. The van der Waals surface area contributed by atoms with E-state index in [1.54, 1.807) is 31.2 Å². The van der Waals surface area contributed by atoms with Crippen LogP contribution in [0, 0.1) is 0 Å². The third-order valence-electron chi connectivity index (χ3n) is 6.75. The van der Waals surface area contributed by atoms with E-state index in [4.69, 9.17) is 4.52 Å². The average molecular weight is 509 g/mol. The molecule has 3 heterocycles. The Morgan fingerprint density at radius 2 is 2.05 bits per heavy atom. The second-order valence-electron chi connectivity index (χ2n) is 9.66. The number of nitrogens with zero attached hydrogens (tertiary/aromatic N) is 4. The molecular formula is C26H26F2N6O3. The molecule has 1 fully saturated rings. The summed E-state index contributed by atoms with van der Waals surface area (Å²) in [6, 6.07) is 6.30. The van der Waals surface area contributed by atoms with Crippen LogP contribution >= 0.6 is 0 Å². The molecule has 9 nitrogen and oxygen atoms in total. The summed E-state index contributed by atoms with van der Waals surface area (Å²) in [6.07, 6.45) is 5.81. The van der Waals surface area contributed by atoms with E-state index in [9.17, 15) is 9.59 Å². The van der Waals surface area contributed by atoms with E-state index in [1.165, 1.54) is 30.3 Å². The molecule has 2 N–H and O–H groups in total. The molecule has 0 unspecified atom stereocenters. The van der Waals surface area contributed by atoms with Crippen molar-refractivity contribution < 1.29 is 18.1 Å². The van der Waals surface area contributed by atoms with Gasteiger partial charge in [-0.1, -0.05) is 36.4 Å². The molecule has 3 aromatic heterocycles. The van der Waals surface area contributed by atoms with Crippen molar-refractivity contribution in [1.82, 2.24) is 30.0 Å². The van der Waals surface area contributed by atoms with Gasteiger partial charge in [-0.05, 0) is 43.0 Å². The Labute approximate surface area is 210 Å². The molecule has 37 heavy (non-hydrogen) atoms. The minimum atomic E-state index is -3.21. The number of halogens is 2. The number of allylic oxidation sites excluding steroid dienone is 2. The van der Waals surface area contributed by atoms with Crippen LogP contribution in [0.4, 0.5) is 8.78 Å². The van der Waals surface area contributed by atoms with E-state index < -0.39 is 23.9 Å². The number of amides is 1. The highest BCUT2D eigenvalue weighted by atomic mass is 19.3. The molecule has 0 bridgehead atoms. The lowest BCUT2D eigenvalue weighted by atomic mass is 9.93. The third-order valence-corrected chi connectivity index (χ3v) is 6.75. The fourth-order valence-electron chi connectivity index (χ4n) is 4.23. The predicted octanol–water partition coefficient (Wildman–Crippen LogP) is 4.68. The van der Waals surface area contributed by atoms with Crippen LogP contribution in [0.3, 0.4) is 0 Å². The van der Waals surface area contributed by atoms with Gasteiger partial charge in [0.1, 0.15) is 0 Å². The van der Waals surface area contributed by atoms with Crippen LogP contribution in [0.1, 0.15) is 60.7 Å². The van der Waals surface area contributed by atoms with Crippen molar-refractivity contribution in [3.63, 3.8) is 0 Å². The smallest absolute Gasteiger partial charge is 0.325 e. The van der Waals surface area contributed by atoms with Crippen LogP contribution in [0.15, 0.2) is 51.9 Å². The van der Waals surface area contributed by atoms with Crippen molar-refractivity contribution >= 4 is 17.1 Å². The zero-order chi connectivity index (χ0) is 26.4. The highest BCUT2D eigenvalue weighted by Crippen LogP contribution is 2.46. The highest BCUT2D eigenvalue weighted by Gasteiger charge is 2.44. The second-order valence-corrected chi connectivity index (χ2v) is 9.66. The number of pyridine rings is 1. The Balaban J connectivity index is 1.50. The van der Waals surface area contributed by atoms with Crippen molar-refractivity contribution in [1.29, 1.82) is 0 Å². The van der Waals surface area contributed by atoms with Crippen molar-refractivity contribution in [2.75, 3.05) is 7.05 Å². The Bertz CT molecular complexity index is 1560. The highest BCUT2D eigenvalue weighted by molar-refractivity contribution is 5.90. The zero-order valence-corrected chi connectivity index (χ0v) is 20.6. The molecule has 0 radical (unpaired) electrons. The standard InChI is InChI=1S/C26H26F2N6O3/c1-4-5-9-26(27,28)18-13-15(17-8-12-29-20-19(17)30-24(36)31-20)6-7-16(18)14-34(3)22(35)21-32-23(33-37-21)25(2)10-11-25/h4-8,12-13H,9-11,14H2,1-3H3,(H2,29,30,31,36)/b5-4+. The second kappa shape index (κ2) is 9.06. The van der Waals surface area contributed by atoms with E-state index in [0.29, 0.717) is 28.1 Å². The third kappa shape index (κ3) is 4.68. The first-order chi connectivity index (χ1) is 17.6. The predicted molar refractivity (Wildman–Crippen MR) is 132 cm³/mol. The molecule has 11 heteroatoms. The van der Waals surface area contributed by atoms with Gasteiger partial charge >= 0.3 is 17.5 Å². The SMILES string of the molecule is C/C=C/CC(F)(F)c1cc(-c2ccnc3[nH]c(=O)[nH]c23)ccc1CN(C)C(=O)c1nc(C2(C)CC2)no1. The maximum atomic E-state index is 15.5. The minimum absolute atomic E-state index is 0.0956. The first-order valence-electron chi connectivity index (χ1n) is 11.9. The first kappa shape index (κ1) is 24.5. The summed E-state index contributed by atoms with van der Waals surface area (Å²) in [4.78, 5) is 39.7. The zero-order valence-electron chi connectivity index (χ0n) is 20.6. The Morgan fingerprint density at radius 3 is 2.78 bits per heavy atom. The van der Waals surface area contributed by atoms with Crippen LogP contribution in [-0.2, 0) is 17.9 Å². The van der Waals surface area contributed by atoms with E-state index in [2.05, 4.69) is 25.1 Å². The molecule has 0 aliphatic heterocycles. The van der Waals surface area contributed by atoms with Crippen LogP contribution in [0.25, 0.3) is 22.3 Å². The Morgan fingerprint density at radius 1 is 1.27 bits per heavy atom. The summed E-state index contributed by atoms with van der Waals surface area (Å²) in [5.74, 6) is -3.44. The van der Waals surface area contributed by atoms with E-state index in [-0.39, 0.29) is 29.0 Å². The van der Waals surface area contributed by atoms with Crippen LogP contribution in [0.5, 0.6) is 0 Å². The number of benzene rings is 1. The van der Waals surface area contributed by atoms with Gasteiger partial charge in [0.25, 0.3) is 5.92 Å². The molecule has 192 valence electrons. The van der Waals surface area contributed by atoms with Gasteiger partial charge in [-0.15, -0.1) is 0 Å². The fourth-order valence-corrected chi connectivity index (χ4v) is 4.23. The maximum Gasteiger partial charge on any atom is 0.325 e. The topological polar surface area (TPSA) is 121 Å². The normalized spacial score (nSPS) is 14.9. The van der Waals surface area contributed by atoms with Crippen LogP contribution in [0.2, 0.25) is 0 Å². The first-order valence-corrected chi connectivity index (χ1v) is 11.9. The van der Waals surface area contributed by atoms with Gasteiger partial charge in [0, 0.05) is 42.8 Å². The molecule has 1 aliphatic rings. The van der Waals surface area contributed by atoms with Gasteiger partial charge in [0.2, 0.25) is 0 Å². The number of aromatic amines is 2. The van der Waals surface area contributed by atoms with Crippen molar-refractivity contribution in [2.24, 2.45) is 0 Å². The number of hydrogen-bond acceptors (Lipinski definition) is 6. The number of hydrogen-bond donors (Lipinski definition) is 2. The van der Waals surface area contributed by atoms with Gasteiger partial charge in [-0.25, -0.2) is 18.6 Å². The van der Waals surface area contributed by atoms with Gasteiger partial charge in [-0.3, -0.25) is 9.78 Å². The van der Waals surface area contributed by atoms with Crippen molar-refractivity contribution in [3.8, 4) is 11.1 Å². The summed E-state index contributed by atoms with van der Waals surface area (Å²) >= 11 is 0. The van der Waals surface area contributed by atoms with Gasteiger partial charge < -0.3 is 14.4 Å². The number of fused-ring (bicyclic) bond motifs is 1. The van der Waals surface area contributed by atoms with E-state index in [1.807, 2.05) is 6.92 Å². The Hall–Kier alpha value is -4.15. The number of alkyl halides is 2. The summed E-state index contributed by atoms with van der Waals surface area (Å²) in [7, 11) is 1.50. The van der Waals surface area contributed by atoms with E-state index in [0.717, 1.165) is 12.8 Å².